The van der Waals surface area contributed by atoms with E-state index in [0.29, 0.717) is 24.5 Å². The number of nitrogens with zero attached hydrogens (tertiary/aromatic N) is 1. The van der Waals surface area contributed by atoms with Gasteiger partial charge in [-0.05, 0) is 49.9 Å². The highest BCUT2D eigenvalue weighted by Gasteiger charge is 2.26. The van der Waals surface area contributed by atoms with Crippen LogP contribution in [0.25, 0.3) is 0 Å². The normalized spacial score (nSPS) is 21.6. The maximum absolute atomic E-state index is 12.8. The van der Waals surface area contributed by atoms with Gasteiger partial charge in [0.15, 0.2) is 0 Å². The molecule has 1 amide bonds. The molecule has 0 radical (unpaired) electrons. The van der Waals surface area contributed by atoms with Crippen LogP contribution in [-0.2, 0) is 21.4 Å². The number of carbonyl (C=O) groups is 1. The topological polar surface area (TPSA) is 78.5 Å². The summed E-state index contributed by atoms with van der Waals surface area (Å²) in [6.45, 7) is 3.24. The molecule has 1 aromatic carbocycles. The maximum Gasteiger partial charge on any atom is 0.243 e. The zero-order valence-corrected chi connectivity index (χ0v) is 16.6. The SMILES string of the molecule is Cl.O=C(NCc1cccc(S(=O)(=O)N2CCCCC2)c1)C1CCCNC1. The standard InChI is InChI=1S/C18H27N3O3S.ClH/c22-18(16-7-5-9-19-14-16)20-13-15-6-4-8-17(12-15)25(23,24)21-10-2-1-3-11-21;/h4,6,8,12,16,19H,1-3,5,7,9-11,13-14H2,(H,20,22);1H. The summed E-state index contributed by atoms with van der Waals surface area (Å²) in [5.74, 6) is 0.0468. The van der Waals surface area contributed by atoms with E-state index < -0.39 is 10.0 Å². The molecule has 0 aromatic heterocycles. The van der Waals surface area contributed by atoms with Gasteiger partial charge in [0.2, 0.25) is 15.9 Å². The summed E-state index contributed by atoms with van der Waals surface area (Å²) >= 11 is 0. The van der Waals surface area contributed by atoms with Crippen molar-refractivity contribution in [3.8, 4) is 0 Å². The summed E-state index contributed by atoms with van der Waals surface area (Å²) in [4.78, 5) is 12.5. The van der Waals surface area contributed by atoms with Crippen LogP contribution >= 0.6 is 12.4 Å². The monoisotopic (exact) mass is 401 g/mol. The van der Waals surface area contributed by atoms with Gasteiger partial charge >= 0.3 is 0 Å². The third-order valence-corrected chi connectivity index (χ3v) is 6.88. The van der Waals surface area contributed by atoms with Gasteiger partial charge in [-0.25, -0.2) is 8.42 Å². The molecule has 2 fully saturated rings. The zero-order chi connectivity index (χ0) is 17.7. The Morgan fingerprint density at radius 2 is 1.96 bits per heavy atom. The van der Waals surface area contributed by atoms with Crippen molar-refractivity contribution in [3.05, 3.63) is 29.8 Å². The molecule has 2 aliphatic heterocycles. The zero-order valence-electron chi connectivity index (χ0n) is 14.9. The number of carbonyl (C=O) groups excluding carboxylic acids is 1. The molecule has 2 aliphatic rings. The van der Waals surface area contributed by atoms with Crippen LogP contribution in [0.5, 0.6) is 0 Å². The molecule has 0 spiro atoms. The van der Waals surface area contributed by atoms with Gasteiger partial charge in [0, 0.05) is 26.2 Å². The number of halogens is 1. The fourth-order valence-electron chi connectivity index (χ4n) is 3.48. The number of hydrogen-bond acceptors (Lipinski definition) is 4. The van der Waals surface area contributed by atoms with Crippen molar-refractivity contribution in [2.45, 2.75) is 43.5 Å². The van der Waals surface area contributed by atoms with Crippen LogP contribution < -0.4 is 10.6 Å². The van der Waals surface area contributed by atoms with Gasteiger partial charge < -0.3 is 10.6 Å². The van der Waals surface area contributed by atoms with Gasteiger partial charge in [-0.1, -0.05) is 18.6 Å². The Morgan fingerprint density at radius 3 is 2.65 bits per heavy atom. The Balaban J connectivity index is 0.00000243. The predicted octanol–water partition coefficient (Wildman–Crippen LogP) is 1.90. The molecule has 0 aliphatic carbocycles. The van der Waals surface area contributed by atoms with Crippen molar-refractivity contribution >= 4 is 28.3 Å². The molecule has 2 N–H and O–H groups in total. The molecule has 2 saturated heterocycles. The third-order valence-electron chi connectivity index (χ3n) is 4.99. The number of sulfonamides is 1. The summed E-state index contributed by atoms with van der Waals surface area (Å²) in [6.07, 6.45) is 4.85. The van der Waals surface area contributed by atoms with E-state index in [9.17, 15) is 13.2 Å². The van der Waals surface area contributed by atoms with Gasteiger partial charge in [-0.15, -0.1) is 12.4 Å². The number of hydrogen-bond donors (Lipinski definition) is 2. The number of amides is 1. The Kier molecular flexibility index (Phi) is 7.88. The molecule has 0 saturated carbocycles. The van der Waals surface area contributed by atoms with Crippen LogP contribution in [0, 0.1) is 5.92 Å². The van der Waals surface area contributed by atoms with Crippen molar-refractivity contribution in [1.29, 1.82) is 0 Å². The molecule has 146 valence electrons. The summed E-state index contributed by atoms with van der Waals surface area (Å²) in [5, 5.41) is 6.17. The largest absolute Gasteiger partial charge is 0.352 e. The summed E-state index contributed by atoms with van der Waals surface area (Å²) in [7, 11) is -3.43. The van der Waals surface area contributed by atoms with Crippen molar-refractivity contribution in [2.75, 3.05) is 26.2 Å². The smallest absolute Gasteiger partial charge is 0.243 e. The van der Waals surface area contributed by atoms with Crippen LogP contribution in [0.15, 0.2) is 29.2 Å². The second kappa shape index (κ2) is 9.69. The first-order chi connectivity index (χ1) is 12.1. The Labute approximate surface area is 162 Å². The Hall–Kier alpha value is -1.15. The Morgan fingerprint density at radius 1 is 1.19 bits per heavy atom. The lowest BCUT2D eigenvalue weighted by Gasteiger charge is -2.26. The lowest BCUT2D eigenvalue weighted by Crippen LogP contribution is -2.40. The fraction of sp³-hybridized carbons (Fsp3) is 0.611. The predicted molar refractivity (Wildman–Crippen MR) is 104 cm³/mol. The van der Waals surface area contributed by atoms with Crippen molar-refractivity contribution < 1.29 is 13.2 Å². The number of piperidine rings is 2. The van der Waals surface area contributed by atoms with E-state index in [-0.39, 0.29) is 24.2 Å². The summed E-state index contributed by atoms with van der Waals surface area (Å²) in [5.41, 5.74) is 0.815. The third kappa shape index (κ3) is 5.19. The average molecular weight is 402 g/mol. The first-order valence-corrected chi connectivity index (χ1v) is 10.6. The number of benzene rings is 1. The van der Waals surface area contributed by atoms with E-state index in [4.69, 9.17) is 0 Å². The minimum absolute atomic E-state index is 0. The number of nitrogens with one attached hydrogen (secondary N) is 2. The molecule has 3 rings (SSSR count). The highest BCUT2D eigenvalue weighted by Crippen LogP contribution is 2.21. The van der Waals surface area contributed by atoms with Crippen LogP contribution in [-0.4, -0.2) is 44.8 Å². The molecule has 8 heteroatoms. The molecule has 1 atom stereocenters. The Bertz CT molecular complexity index is 699. The van der Waals surface area contributed by atoms with E-state index in [2.05, 4.69) is 10.6 Å². The van der Waals surface area contributed by atoms with Crippen LogP contribution in [0.1, 0.15) is 37.7 Å². The molecule has 2 heterocycles. The van der Waals surface area contributed by atoms with Gasteiger partial charge in [-0.3, -0.25) is 4.79 Å². The number of rotatable bonds is 5. The summed E-state index contributed by atoms with van der Waals surface area (Å²) in [6, 6.07) is 6.93. The first kappa shape index (κ1) is 21.2. The minimum Gasteiger partial charge on any atom is -0.352 e. The quantitative estimate of drug-likeness (QED) is 0.789. The minimum atomic E-state index is -3.43. The molecule has 0 bridgehead atoms. The molecule has 1 aromatic rings. The molecular weight excluding hydrogens is 374 g/mol. The van der Waals surface area contributed by atoms with Crippen molar-refractivity contribution in [2.24, 2.45) is 5.92 Å². The van der Waals surface area contributed by atoms with E-state index >= 15 is 0 Å². The molecule has 6 nitrogen and oxygen atoms in total. The van der Waals surface area contributed by atoms with Crippen LogP contribution in [0.2, 0.25) is 0 Å². The second-order valence-corrected chi connectivity index (χ2v) is 8.81. The molecule has 26 heavy (non-hydrogen) atoms. The van der Waals surface area contributed by atoms with Crippen molar-refractivity contribution in [1.82, 2.24) is 14.9 Å². The van der Waals surface area contributed by atoms with Gasteiger partial charge in [0.05, 0.1) is 10.8 Å². The molecular formula is C18H28ClN3O3S. The lowest BCUT2D eigenvalue weighted by molar-refractivity contribution is -0.125. The summed E-state index contributed by atoms with van der Waals surface area (Å²) < 4.78 is 27.1. The van der Waals surface area contributed by atoms with Crippen LogP contribution in [0.4, 0.5) is 0 Å². The van der Waals surface area contributed by atoms with E-state index in [1.807, 2.05) is 6.07 Å². The lowest BCUT2D eigenvalue weighted by atomic mass is 9.99. The average Bonchev–Trinajstić information content (AvgIpc) is 2.67. The highest BCUT2D eigenvalue weighted by molar-refractivity contribution is 7.89. The first-order valence-electron chi connectivity index (χ1n) is 9.15. The van der Waals surface area contributed by atoms with E-state index in [0.717, 1.165) is 50.8 Å². The maximum atomic E-state index is 12.8. The van der Waals surface area contributed by atoms with E-state index in [1.54, 1.807) is 22.5 Å². The van der Waals surface area contributed by atoms with Crippen molar-refractivity contribution in [3.63, 3.8) is 0 Å². The van der Waals surface area contributed by atoms with Gasteiger partial charge in [0.25, 0.3) is 0 Å². The van der Waals surface area contributed by atoms with Crippen LogP contribution in [0.3, 0.4) is 0 Å². The molecule has 1 unspecified atom stereocenters. The second-order valence-electron chi connectivity index (χ2n) is 6.87. The van der Waals surface area contributed by atoms with E-state index in [1.165, 1.54) is 0 Å². The van der Waals surface area contributed by atoms with Gasteiger partial charge in [0.1, 0.15) is 0 Å². The fourth-order valence-corrected chi connectivity index (χ4v) is 5.07. The van der Waals surface area contributed by atoms with Gasteiger partial charge in [-0.2, -0.15) is 4.31 Å². The highest BCUT2D eigenvalue weighted by atomic mass is 35.5.